The van der Waals surface area contributed by atoms with Gasteiger partial charge in [-0.1, -0.05) is 0 Å². The molecule has 0 spiro atoms. The lowest BCUT2D eigenvalue weighted by Crippen LogP contribution is -2.49. The van der Waals surface area contributed by atoms with Crippen LogP contribution in [0.5, 0.6) is 5.75 Å². The molecule has 0 aliphatic carbocycles. The summed E-state index contributed by atoms with van der Waals surface area (Å²) in [5.74, 6) is 0.813. The summed E-state index contributed by atoms with van der Waals surface area (Å²) in [7, 11) is 1.67. The molecule has 2 fully saturated rings. The van der Waals surface area contributed by atoms with Gasteiger partial charge in [0.05, 0.1) is 38.0 Å². The van der Waals surface area contributed by atoms with Crippen LogP contribution in [-0.2, 0) is 4.74 Å². The predicted octanol–water partition coefficient (Wildman–Crippen LogP) is 1.29. The number of rotatable bonds is 6. The fourth-order valence-electron chi connectivity index (χ4n) is 3.69. The Labute approximate surface area is 148 Å². The molecule has 3 heterocycles. The molecule has 0 amide bonds. The van der Waals surface area contributed by atoms with E-state index in [1.165, 1.54) is 0 Å². The lowest BCUT2D eigenvalue weighted by atomic mass is 10.00. The molecule has 2 aromatic rings. The molecule has 0 radical (unpaired) electrons. The normalized spacial score (nSPS) is 22.9. The number of hydrogen-bond acceptors (Lipinski definition) is 6. The van der Waals surface area contributed by atoms with Gasteiger partial charge in [-0.3, -0.25) is 14.8 Å². The standard InChI is InChI=1S/C19H25N3O3/c1-24-14-2-3-18-17(10-14)16(4-5-20-18)19(12-23)22-8-6-21(7-9-22)11-15-13-25-15/h2-5,10,15,19,23H,6-9,11-13H2,1H3/t15?,19-/m0/s1. The van der Waals surface area contributed by atoms with E-state index >= 15 is 0 Å². The highest BCUT2D eigenvalue weighted by atomic mass is 16.6. The molecule has 4 rings (SSSR count). The molecule has 1 unspecified atom stereocenters. The third-order valence-electron chi connectivity index (χ3n) is 5.23. The quantitative estimate of drug-likeness (QED) is 0.798. The second-order valence-corrected chi connectivity index (χ2v) is 6.77. The molecule has 6 nitrogen and oxygen atoms in total. The molecule has 2 aliphatic rings. The highest BCUT2D eigenvalue weighted by molar-refractivity contribution is 5.84. The fourth-order valence-corrected chi connectivity index (χ4v) is 3.69. The number of epoxide rings is 1. The van der Waals surface area contributed by atoms with Crippen LogP contribution in [0.2, 0.25) is 0 Å². The van der Waals surface area contributed by atoms with Crippen molar-refractivity contribution in [3.8, 4) is 5.75 Å². The zero-order chi connectivity index (χ0) is 17.2. The van der Waals surface area contributed by atoms with E-state index in [4.69, 9.17) is 9.47 Å². The summed E-state index contributed by atoms with van der Waals surface area (Å²) in [6.45, 7) is 5.97. The SMILES string of the molecule is COc1ccc2nccc([C@H](CO)N3CCN(CC4CO4)CC3)c2c1. The van der Waals surface area contributed by atoms with E-state index in [2.05, 4.69) is 14.8 Å². The maximum Gasteiger partial charge on any atom is 0.119 e. The molecule has 2 saturated heterocycles. The molecule has 2 atom stereocenters. The number of aliphatic hydroxyl groups excluding tert-OH is 1. The van der Waals surface area contributed by atoms with Crippen molar-refractivity contribution in [2.24, 2.45) is 0 Å². The third kappa shape index (κ3) is 3.62. The second kappa shape index (κ2) is 7.25. The van der Waals surface area contributed by atoms with Crippen molar-refractivity contribution in [1.82, 2.24) is 14.8 Å². The molecule has 134 valence electrons. The maximum absolute atomic E-state index is 10.1. The number of ether oxygens (including phenoxy) is 2. The molecule has 1 aromatic heterocycles. The van der Waals surface area contributed by atoms with Crippen LogP contribution in [-0.4, -0.2) is 79.0 Å². The van der Waals surface area contributed by atoms with Crippen LogP contribution >= 0.6 is 0 Å². The lowest BCUT2D eigenvalue weighted by molar-refractivity contribution is 0.0629. The first-order chi connectivity index (χ1) is 12.3. The van der Waals surface area contributed by atoms with Crippen LogP contribution in [0.25, 0.3) is 10.9 Å². The minimum Gasteiger partial charge on any atom is -0.497 e. The van der Waals surface area contributed by atoms with Gasteiger partial charge in [-0.25, -0.2) is 0 Å². The largest absolute Gasteiger partial charge is 0.497 e. The number of aromatic nitrogens is 1. The van der Waals surface area contributed by atoms with Crippen molar-refractivity contribution < 1.29 is 14.6 Å². The number of benzene rings is 1. The van der Waals surface area contributed by atoms with Crippen LogP contribution in [0, 0.1) is 0 Å². The van der Waals surface area contributed by atoms with Gasteiger partial charge in [-0.2, -0.15) is 0 Å². The molecule has 0 bridgehead atoms. The summed E-state index contributed by atoms with van der Waals surface area (Å²) in [5.41, 5.74) is 2.05. The lowest BCUT2D eigenvalue weighted by Gasteiger charge is -2.39. The molecular weight excluding hydrogens is 318 g/mol. The Hall–Kier alpha value is -1.73. The number of pyridine rings is 1. The number of hydrogen-bond donors (Lipinski definition) is 1. The molecule has 6 heteroatoms. The van der Waals surface area contributed by atoms with Gasteiger partial charge in [-0.15, -0.1) is 0 Å². The molecule has 25 heavy (non-hydrogen) atoms. The van der Waals surface area contributed by atoms with Crippen LogP contribution in [0.15, 0.2) is 30.5 Å². The van der Waals surface area contributed by atoms with Crippen molar-refractivity contribution in [2.75, 3.05) is 53.0 Å². The summed E-state index contributed by atoms with van der Waals surface area (Å²) in [6, 6.07) is 7.91. The van der Waals surface area contributed by atoms with Gasteiger partial charge >= 0.3 is 0 Å². The number of fused-ring (bicyclic) bond motifs is 1. The van der Waals surface area contributed by atoms with Crippen molar-refractivity contribution in [3.63, 3.8) is 0 Å². The summed E-state index contributed by atoms with van der Waals surface area (Å²) in [4.78, 5) is 9.28. The zero-order valence-electron chi connectivity index (χ0n) is 14.6. The van der Waals surface area contributed by atoms with Crippen molar-refractivity contribution in [3.05, 3.63) is 36.0 Å². The zero-order valence-corrected chi connectivity index (χ0v) is 14.6. The minimum atomic E-state index is -0.0167. The number of aliphatic hydroxyl groups is 1. The Balaban J connectivity index is 1.55. The number of methoxy groups -OCH3 is 1. The van der Waals surface area contributed by atoms with Gasteiger partial charge in [0, 0.05) is 44.3 Å². The number of nitrogens with zero attached hydrogens (tertiary/aromatic N) is 3. The molecule has 1 aromatic carbocycles. The highest BCUT2D eigenvalue weighted by Crippen LogP contribution is 2.30. The Morgan fingerprint density at radius 1 is 1.28 bits per heavy atom. The smallest absolute Gasteiger partial charge is 0.119 e. The number of piperazine rings is 1. The summed E-state index contributed by atoms with van der Waals surface area (Å²) in [5, 5.41) is 11.2. The van der Waals surface area contributed by atoms with E-state index in [1.807, 2.05) is 30.5 Å². The van der Waals surface area contributed by atoms with Crippen molar-refractivity contribution in [1.29, 1.82) is 0 Å². The van der Waals surface area contributed by atoms with Crippen molar-refractivity contribution >= 4 is 10.9 Å². The van der Waals surface area contributed by atoms with Crippen LogP contribution < -0.4 is 4.74 Å². The molecule has 1 N–H and O–H groups in total. The first-order valence-corrected chi connectivity index (χ1v) is 8.90. The van der Waals surface area contributed by atoms with E-state index < -0.39 is 0 Å². The Morgan fingerprint density at radius 2 is 2.08 bits per heavy atom. The second-order valence-electron chi connectivity index (χ2n) is 6.77. The van der Waals surface area contributed by atoms with E-state index in [1.54, 1.807) is 7.11 Å². The van der Waals surface area contributed by atoms with E-state index in [9.17, 15) is 5.11 Å². The summed E-state index contributed by atoms with van der Waals surface area (Å²) in [6.07, 6.45) is 2.27. The first-order valence-electron chi connectivity index (χ1n) is 8.90. The van der Waals surface area contributed by atoms with E-state index in [0.717, 1.165) is 61.5 Å². The summed E-state index contributed by atoms with van der Waals surface area (Å²) < 4.78 is 10.7. The summed E-state index contributed by atoms with van der Waals surface area (Å²) >= 11 is 0. The van der Waals surface area contributed by atoms with Crippen molar-refractivity contribution in [2.45, 2.75) is 12.1 Å². The van der Waals surface area contributed by atoms with Crippen LogP contribution in [0.1, 0.15) is 11.6 Å². The molecule has 0 saturated carbocycles. The van der Waals surface area contributed by atoms with E-state index in [0.29, 0.717) is 6.10 Å². The Bertz CT molecular complexity index is 727. The fraction of sp³-hybridized carbons (Fsp3) is 0.526. The maximum atomic E-state index is 10.1. The van der Waals surface area contributed by atoms with Crippen LogP contribution in [0.3, 0.4) is 0 Å². The molecular formula is C19H25N3O3. The van der Waals surface area contributed by atoms with Gasteiger partial charge in [0.2, 0.25) is 0 Å². The van der Waals surface area contributed by atoms with Gasteiger partial charge in [-0.05, 0) is 29.8 Å². The topological polar surface area (TPSA) is 61.4 Å². The Kier molecular flexibility index (Phi) is 4.85. The molecule has 2 aliphatic heterocycles. The van der Waals surface area contributed by atoms with Gasteiger partial charge in [0.15, 0.2) is 0 Å². The third-order valence-corrected chi connectivity index (χ3v) is 5.23. The van der Waals surface area contributed by atoms with E-state index in [-0.39, 0.29) is 12.6 Å². The van der Waals surface area contributed by atoms with Crippen LogP contribution in [0.4, 0.5) is 0 Å². The first kappa shape index (κ1) is 16.7. The predicted molar refractivity (Wildman–Crippen MR) is 95.9 cm³/mol. The van der Waals surface area contributed by atoms with Gasteiger partial charge in [0.25, 0.3) is 0 Å². The van der Waals surface area contributed by atoms with Gasteiger partial charge < -0.3 is 14.6 Å². The Morgan fingerprint density at radius 3 is 2.76 bits per heavy atom. The monoisotopic (exact) mass is 343 g/mol. The highest BCUT2D eigenvalue weighted by Gasteiger charge is 2.30. The minimum absolute atomic E-state index is 0.0167. The average molecular weight is 343 g/mol. The average Bonchev–Trinajstić information content (AvgIpc) is 3.47. The van der Waals surface area contributed by atoms with Gasteiger partial charge in [0.1, 0.15) is 5.75 Å².